The first-order valence-corrected chi connectivity index (χ1v) is 6.65. The summed E-state index contributed by atoms with van der Waals surface area (Å²) >= 11 is 0. The number of rotatable bonds is 4. The molecule has 1 heterocycles. The van der Waals surface area contributed by atoms with Crippen molar-refractivity contribution in [2.24, 2.45) is 0 Å². The minimum atomic E-state index is 0.394. The van der Waals surface area contributed by atoms with E-state index >= 15 is 0 Å². The highest BCUT2D eigenvalue weighted by atomic mass is 14.8. The van der Waals surface area contributed by atoms with Crippen LogP contribution in [0.5, 0.6) is 0 Å². The third kappa shape index (κ3) is 2.40. The van der Waals surface area contributed by atoms with Gasteiger partial charge in [0, 0.05) is 24.2 Å². The smallest absolute Gasteiger partial charge is 0.0454 e. The number of likely N-dealkylation sites (N-methyl/N-ethyl adjacent to an activating group) is 1. The van der Waals surface area contributed by atoms with Gasteiger partial charge in [-0.2, -0.15) is 0 Å². The van der Waals surface area contributed by atoms with Gasteiger partial charge in [0.2, 0.25) is 0 Å². The van der Waals surface area contributed by atoms with Crippen molar-refractivity contribution in [1.29, 1.82) is 0 Å². The normalized spacial score (nSPS) is 12.7. The largest absolute Gasteiger partial charge is 0.361 e. The number of fused-ring (bicyclic) bond motifs is 1. The van der Waals surface area contributed by atoms with Crippen LogP contribution in [0.1, 0.15) is 17.0 Å². The number of aromatic amines is 1. The van der Waals surface area contributed by atoms with Crippen molar-refractivity contribution in [3.05, 3.63) is 71.9 Å². The fraction of sp³-hybridized carbons (Fsp3) is 0.176. The summed E-state index contributed by atoms with van der Waals surface area (Å²) in [6.45, 7) is 0.944. The molecule has 0 amide bonds. The number of aromatic nitrogens is 1. The predicted octanol–water partition coefficient (Wildman–Crippen LogP) is 3.52. The monoisotopic (exact) mass is 250 g/mol. The highest BCUT2D eigenvalue weighted by Crippen LogP contribution is 2.26. The molecular weight excluding hydrogens is 232 g/mol. The Kier molecular flexibility index (Phi) is 3.34. The first kappa shape index (κ1) is 12.0. The zero-order valence-corrected chi connectivity index (χ0v) is 11.1. The lowest BCUT2D eigenvalue weighted by molar-refractivity contribution is 0.709. The lowest BCUT2D eigenvalue weighted by Crippen LogP contribution is -2.18. The van der Waals surface area contributed by atoms with Gasteiger partial charge in [-0.15, -0.1) is 0 Å². The van der Waals surface area contributed by atoms with Crippen LogP contribution in [0, 0.1) is 0 Å². The number of nitrogens with one attached hydrogen (secondary N) is 2. The second kappa shape index (κ2) is 5.29. The Bertz CT molecular complexity index is 655. The molecule has 1 atom stereocenters. The third-order valence-electron chi connectivity index (χ3n) is 3.59. The Labute approximate surface area is 113 Å². The third-order valence-corrected chi connectivity index (χ3v) is 3.59. The molecule has 0 aliphatic rings. The summed E-state index contributed by atoms with van der Waals surface area (Å²) in [6, 6.07) is 19.5. The zero-order valence-electron chi connectivity index (χ0n) is 11.1. The lowest BCUT2D eigenvalue weighted by atomic mass is 9.90. The molecule has 96 valence electrons. The molecule has 0 saturated heterocycles. The van der Waals surface area contributed by atoms with Crippen molar-refractivity contribution in [1.82, 2.24) is 10.3 Å². The molecule has 2 heteroatoms. The van der Waals surface area contributed by atoms with E-state index in [1.807, 2.05) is 13.2 Å². The molecule has 2 N–H and O–H groups in total. The van der Waals surface area contributed by atoms with Crippen LogP contribution < -0.4 is 5.32 Å². The zero-order chi connectivity index (χ0) is 13.1. The van der Waals surface area contributed by atoms with E-state index in [4.69, 9.17) is 0 Å². The molecule has 0 saturated carbocycles. The molecule has 3 aromatic rings. The van der Waals surface area contributed by atoms with Gasteiger partial charge in [-0.3, -0.25) is 0 Å². The van der Waals surface area contributed by atoms with Crippen LogP contribution in [0.25, 0.3) is 10.9 Å². The van der Waals surface area contributed by atoms with Crippen molar-refractivity contribution >= 4 is 10.9 Å². The van der Waals surface area contributed by atoms with Gasteiger partial charge < -0.3 is 10.3 Å². The van der Waals surface area contributed by atoms with E-state index in [1.165, 1.54) is 22.0 Å². The van der Waals surface area contributed by atoms with Gasteiger partial charge in [0.05, 0.1) is 0 Å². The summed E-state index contributed by atoms with van der Waals surface area (Å²) in [5.41, 5.74) is 3.90. The molecular formula is C17H18N2. The van der Waals surface area contributed by atoms with Gasteiger partial charge in [-0.25, -0.2) is 0 Å². The standard InChI is InChI=1S/C17H18N2/c1-18-12-16(13-5-3-2-4-6-13)14-7-8-17-15(11-14)9-10-19-17/h2-11,16,18-19H,12H2,1H3/t16-/m1/s1. The van der Waals surface area contributed by atoms with Gasteiger partial charge in [0.25, 0.3) is 0 Å². The van der Waals surface area contributed by atoms with E-state index in [9.17, 15) is 0 Å². The average Bonchev–Trinajstić information content (AvgIpc) is 2.93. The molecule has 0 fully saturated rings. The molecule has 1 aromatic heterocycles. The van der Waals surface area contributed by atoms with E-state index in [1.54, 1.807) is 0 Å². The maximum Gasteiger partial charge on any atom is 0.0454 e. The Morgan fingerprint density at radius 1 is 1.00 bits per heavy atom. The van der Waals surface area contributed by atoms with Crippen LogP contribution in [0.15, 0.2) is 60.8 Å². The van der Waals surface area contributed by atoms with Crippen LogP contribution >= 0.6 is 0 Å². The number of hydrogen-bond acceptors (Lipinski definition) is 1. The molecule has 3 rings (SSSR count). The average molecular weight is 250 g/mol. The van der Waals surface area contributed by atoms with Crippen molar-refractivity contribution < 1.29 is 0 Å². The first-order valence-electron chi connectivity index (χ1n) is 6.65. The van der Waals surface area contributed by atoms with E-state index < -0.39 is 0 Å². The molecule has 0 unspecified atom stereocenters. The van der Waals surface area contributed by atoms with Crippen LogP contribution in [-0.2, 0) is 0 Å². The number of benzene rings is 2. The minimum Gasteiger partial charge on any atom is -0.361 e. The fourth-order valence-electron chi connectivity index (χ4n) is 2.61. The molecule has 2 aromatic carbocycles. The van der Waals surface area contributed by atoms with E-state index in [2.05, 4.69) is 64.9 Å². The second-order valence-corrected chi connectivity index (χ2v) is 4.85. The Hall–Kier alpha value is -2.06. The quantitative estimate of drug-likeness (QED) is 0.728. The van der Waals surface area contributed by atoms with E-state index in [0.717, 1.165) is 6.54 Å². The fourth-order valence-corrected chi connectivity index (χ4v) is 2.61. The predicted molar refractivity (Wildman–Crippen MR) is 80.5 cm³/mol. The van der Waals surface area contributed by atoms with E-state index in [0.29, 0.717) is 5.92 Å². The Morgan fingerprint density at radius 2 is 1.84 bits per heavy atom. The van der Waals surface area contributed by atoms with Crippen LogP contribution in [0.2, 0.25) is 0 Å². The Balaban J connectivity index is 2.03. The molecule has 0 aliphatic heterocycles. The highest BCUT2D eigenvalue weighted by Gasteiger charge is 2.13. The SMILES string of the molecule is CNC[C@H](c1ccccc1)c1ccc2[nH]ccc2c1. The summed E-state index contributed by atoms with van der Waals surface area (Å²) in [7, 11) is 2.00. The summed E-state index contributed by atoms with van der Waals surface area (Å²) < 4.78 is 0. The maximum atomic E-state index is 3.30. The molecule has 0 bridgehead atoms. The van der Waals surface area contributed by atoms with Gasteiger partial charge in [0.1, 0.15) is 0 Å². The van der Waals surface area contributed by atoms with Crippen molar-refractivity contribution in [2.75, 3.05) is 13.6 Å². The van der Waals surface area contributed by atoms with Crippen molar-refractivity contribution in [2.45, 2.75) is 5.92 Å². The van der Waals surface area contributed by atoms with Crippen LogP contribution in [0.4, 0.5) is 0 Å². The number of H-pyrrole nitrogens is 1. The Morgan fingerprint density at radius 3 is 2.63 bits per heavy atom. The molecule has 0 aliphatic carbocycles. The molecule has 19 heavy (non-hydrogen) atoms. The lowest BCUT2D eigenvalue weighted by Gasteiger charge is -2.17. The summed E-state index contributed by atoms with van der Waals surface area (Å²) in [5, 5.41) is 4.57. The van der Waals surface area contributed by atoms with Crippen LogP contribution in [0.3, 0.4) is 0 Å². The second-order valence-electron chi connectivity index (χ2n) is 4.85. The summed E-state index contributed by atoms with van der Waals surface area (Å²) in [4.78, 5) is 3.24. The maximum absolute atomic E-state index is 3.30. The highest BCUT2D eigenvalue weighted by molar-refractivity contribution is 5.80. The summed E-state index contributed by atoms with van der Waals surface area (Å²) in [6.07, 6.45) is 1.99. The first-order chi connectivity index (χ1) is 9.38. The molecule has 0 radical (unpaired) electrons. The molecule has 2 nitrogen and oxygen atoms in total. The van der Waals surface area contributed by atoms with Gasteiger partial charge in [-0.05, 0) is 41.8 Å². The van der Waals surface area contributed by atoms with Crippen molar-refractivity contribution in [3.63, 3.8) is 0 Å². The minimum absolute atomic E-state index is 0.394. The summed E-state index contributed by atoms with van der Waals surface area (Å²) in [5.74, 6) is 0.394. The van der Waals surface area contributed by atoms with Crippen LogP contribution in [-0.4, -0.2) is 18.6 Å². The van der Waals surface area contributed by atoms with Gasteiger partial charge in [0.15, 0.2) is 0 Å². The van der Waals surface area contributed by atoms with Gasteiger partial charge in [-0.1, -0.05) is 36.4 Å². The molecule has 0 spiro atoms. The number of hydrogen-bond donors (Lipinski definition) is 2. The van der Waals surface area contributed by atoms with E-state index in [-0.39, 0.29) is 0 Å². The van der Waals surface area contributed by atoms with Crippen molar-refractivity contribution in [3.8, 4) is 0 Å². The topological polar surface area (TPSA) is 27.8 Å². The van der Waals surface area contributed by atoms with Gasteiger partial charge >= 0.3 is 0 Å².